The maximum atomic E-state index is 9.28. The van der Waals surface area contributed by atoms with E-state index >= 15 is 0 Å². The quantitative estimate of drug-likeness (QED) is 0.220. The van der Waals surface area contributed by atoms with Gasteiger partial charge in [0.15, 0.2) is 0 Å². The molecule has 0 aliphatic carbocycles. The van der Waals surface area contributed by atoms with Crippen LogP contribution in [0.1, 0.15) is 0 Å². The Morgan fingerprint density at radius 3 is 0.938 bits per heavy atom. The van der Waals surface area contributed by atoms with Crippen LogP contribution in [0.3, 0.4) is 0 Å². The van der Waals surface area contributed by atoms with Gasteiger partial charge in [-0.3, -0.25) is 0 Å². The fraction of sp³-hybridized carbons (Fsp3) is 1.00. The van der Waals surface area contributed by atoms with Crippen molar-refractivity contribution >= 4 is 0 Å². The summed E-state index contributed by atoms with van der Waals surface area (Å²) in [6.07, 6.45) is -11.1. The Bertz CT molecular complexity index is 169. The summed E-state index contributed by atoms with van der Waals surface area (Å²) < 4.78 is 0. The zero-order chi connectivity index (χ0) is 12.9. The van der Waals surface area contributed by atoms with Gasteiger partial charge in [0.05, 0.1) is 13.2 Å². The third-order valence-electron chi connectivity index (χ3n) is 2.21. The zero-order valence-corrected chi connectivity index (χ0v) is 8.46. The molecule has 8 heteroatoms. The second kappa shape index (κ2) is 7.09. The Balaban J connectivity index is 4.41. The van der Waals surface area contributed by atoms with E-state index < -0.39 is 49.8 Å². The van der Waals surface area contributed by atoms with Crippen molar-refractivity contribution in [1.29, 1.82) is 0 Å². The first-order valence-corrected chi connectivity index (χ1v) is 4.66. The Labute approximate surface area is 91.6 Å². The molecule has 0 saturated carbocycles. The molecule has 0 heterocycles. The second-order valence-corrected chi connectivity index (χ2v) is 3.46. The molecule has 0 spiro atoms. The van der Waals surface area contributed by atoms with E-state index in [0.29, 0.717) is 0 Å². The Kier molecular flexibility index (Phi) is 6.95. The molecule has 0 unspecified atom stereocenters. The lowest BCUT2D eigenvalue weighted by Crippen LogP contribution is -2.53. The van der Waals surface area contributed by atoms with E-state index in [-0.39, 0.29) is 0 Å². The maximum absolute atomic E-state index is 9.28. The van der Waals surface area contributed by atoms with Gasteiger partial charge in [-0.1, -0.05) is 0 Å². The second-order valence-electron chi connectivity index (χ2n) is 3.46. The van der Waals surface area contributed by atoms with Gasteiger partial charge in [-0.05, 0) is 0 Å². The van der Waals surface area contributed by atoms with E-state index in [9.17, 15) is 20.4 Å². The lowest BCUT2D eigenvalue weighted by molar-refractivity contribution is -0.161. The van der Waals surface area contributed by atoms with E-state index in [0.717, 1.165) is 0 Å². The molecular formula is C8H18O8. The lowest BCUT2D eigenvalue weighted by Gasteiger charge is -2.29. The van der Waals surface area contributed by atoms with Crippen LogP contribution in [-0.2, 0) is 0 Å². The third-order valence-corrected chi connectivity index (χ3v) is 2.21. The van der Waals surface area contributed by atoms with E-state index in [1.54, 1.807) is 0 Å². The van der Waals surface area contributed by atoms with E-state index in [2.05, 4.69) is 0 Å². The fourth-order valence-electron chi connectivity index (χ4n) is 1.08. The molecule has 0 fully saturated rings. The minimum atomic E-state index is -1.97. The molecule has 0 radical (unpaired) electrons. The molecule has 8 nitrogen and oxygen atoms in total. The molecule has 0 aromatic heterocycles. The number of hydrogen-bond acceptors (Lipinski definition) is 8. The van der Waals surface area contributed by atoms with Gasteiger partial charge in [-0.2, -0.15) is 0 Å². The topological polar surface area (TPSA) is 162 Å². The van der Waals surface area contributed by atoms with Gasteiger partial charge in [0.25, 0.3) is 0 Å². The number of rotatable bonds is 7. The summed E-state index contributed by atoms with van der Waals surface area (Å²) in [5.74, 6) is 0. The highest BCUT2D eigenvalue weighted by Crippen LogP contribution is 2.10. The molecule has 0 aliphatic rings. The minimum absolute atomic E-state index is 0.844. The third kappa shape index (κ3) is 3.92. The Morgan fingerprint density at radius 1 is 0.500 bits per heavy atom. The van der Waals surface area contributed by atoms with Crippen molar-refractivity contribution in [1.82, 2.24) is 0 Å². The normalized spacial score (nSPS) is 23.2. The number of aliphatic hydroxyl groups is 8. The minimum Gasteiger partial charge on any atom is -0.394 e. The Hall–Kier alpha value is -0.320. The molecule has 0 amide bonds. The monoisotopic (exact) mass is 242 g/mol. The summed E-state index contributed by atoms with van der Waals surface area (Å²) in [4.78, 5) is 0. The predicted octanol–water partition coefficient (Wildman–Crippen LogP) is -4.86. The summed E-state index contributed by atoms with van der Waals surface area (Å²) in [7, 11) is 0. The molecule has 0 aromatic rings. The summed E-state index contributed by atoms with van der Waals surface area (Å²) in [5, 5.41) is 71.8. The van der Waals surface area contributed by atoms with Gasteiger partial charge in [0, 0.05) is 0 Å². The highest BCUT2D eigenvalue weighted by atomic mass is 16.4. The van der Waals surface area contributed by atoms with Crippen LogP contribution in [-0.4, -0.2) is 90.7 Å². The first-order valence-electron chi connectivity index (χ1n) is 4.66. The van der Waals surface area contributed by atoms with Crippen molar-refractivity contribution in [2.75, 3.05) is 13.2 Å². The average Bonchev–Trinajstić information content (AvgIpc) is 2.32. The molecule has 98 valence electrons. The van der Waals surface area contributed by atoms with Crippen LogP contribution in [0, 0.1) is 0 Å². The van der Waals surface area contributed by atoms with Crippen LogP contribution in [0.25, 0.3) is 0 Å². The van der Waals surface area contributed by atoms with Crippen molar-refractivity contribution in [2.45, 2.75) is 36.6 Å². The van der Waals surface area contributed by atoms with E-state index in [1.165, 1.54) is 0 Å². The Morgan fingerprint density at radius 2 is 0.750 bits per heavy atom. The standard InChI is InChI=1S/C8H18O8/c9-1-3(11)5(13)7(15)8(16)6(14)4(12)2-10/h3-16H,1-2H2/t3-,4-,5-,6-,7+,8+/m1/s1. The van der Waals surface area contributed by atoms with Crippen LogP contribution >= 0.6 is 0 Å². The molecule has 6 atom stereocenters. The van der Waals surface area contributed by atoms with Gasteiger partial charge in [0.2, 0.25) is 0 Å². The van der Waals surface area contributed by atoms with Crippen LogP contribution in [0.5, 0.6) is 0 Å². The van der Waals surface area contributed by atoms with Gasteiger partial charge in [0.1, 0.15) is 36.6 Å². The van der Waals surface area contributed by atoms with Crippen LogP contribution < -0.4 is 0 Å². The molecule has 0 aromatic carbocycles. The van der Waals surface area contributed by atoms with Crippen LogP contribution in [0.2, 0.25) is 0 Å². The van der Waals surface area contributed by atoms with Crippen LogP contribution in [0.15, 0.2) is 0 Å². The highest BCUT2D eigenvalue weighted by molar-refractivity contribution is 4.87. The van der Waals surface area contributed by atoms with Gasteiger partial charge < -0.3 is 40.9 Å². The van der Waals surface area contributed by atoms with E-state index in [1.807, 2.05) is 0 Å². The van der Waals surface area contributed by atoms with Gasteiger partial charge in [-0.25, -0.2) is 0 Å². The number of aliphatic hydroxyl groups excluding tert-OH is 8. The average molecular weight is 242 g/mol. The first kappa shape index (κ1) is 15.7. The SMILES string of the molecule is OC[C@@H](O)[C@@H](O)[C@H](O)[C@@H](O)[C@H](O)[C@H](O)CO. The molecule has 0 rings (SSSR count). The largest absolute Gasteiger partial charge is 0.394 e. The molecule has 0 aliphatic heterocycles. The van der Waals surface area contributed by atoms with E-state index in [4.69, 9.17) is 20.4 Å². The maximum Gasteiger partial charge on any atom is 0.111 e. The first-order chi connectivity index (χ1) is 7.36. The highest BCUT2D eigenvalue weighted by Gasteiger charge is 2.36. The van der Waals surface area contributed by atoms with Crippen molar-refractivity contribution < 1.29 is 40.9 Å². The fourth-order valence-corrected chi connectivity index (χ4v) is 1.08. The zero-order valence-electron chi connectivity index (χ0n) is 8.46. The smallest absolute Gasteiger partial charge is 0.111 e. The van der Waals surface area contributed by atoms with Crippen molar-refractivity contribution in [3.63, 3.8) is 0 Å². The summed E-state index contributed by atoms with van der Waals surface area (Å²) in [5.41, 5.74) is 0. The summed E-state index contributed by atoms with van der Waals surface area (Å²) >= 11 is 0. The molecule has 8 N–H and O–H groups in total. The number of hydrogen-bond donors (Lipinski definition) is 8. The van der Waals surface area contributed by atoms with Crippen LogP contribution in [0.4, 0.5) is 0 Å². The van der Waals surface area contributed by atoms with Crippen molar-refractivity contribution in [3.8, 4) is 0 Å². The van der Waals surface area contributed by atoms with Crippen molar-refractivity contribution in [2.24, 2.45) is 0 Å². The molecule has 0 saturated heterocycles. The predicted molar refractivity (Wildman–Crippen MR) is 50.2 cm³/mol. The molecular weight excluding hydrogens is 224 g/mol. The van der Waals surface area contributed by atoms with Gasteiger partial charge in [-0.15, -0.1) is 0 Å². The summed E-state index contributed by atoms with van der Waals surface area (Å²) in [6.45, 7) is -1.69. The molecule has 0 bridgehead atoms. The summed E-state index contributed by atoms with van der Waals surface area (Å²) in [6, 6.07) is 0. The van der Waals surface area contributed by atoms with Crippen molar-refractivity contribution in [3.05, 3.63) is 0 Å². The van der Waals surface area contributed by atoms with Gasteiger partial charge >= 0.3 is 0 Å². The lowest BCUT2D eigenvalue weighted by atomic mass is 9.97. The molecule has 16 heavy (non-hydrogen) atoms.